The molecule has 2 fully saturated rings. The summed E-state index contributed by atoms with van der Waals surface area (Å²) in [6.45, 7) is 7.39. The summed E-state index contributed by atoms with van der Waals surface area (Å²) in [4.78, 5) is 38.4. The number of aliphatic carboxylic acids is 1. The largest absolute Gasteiger partial charge is 0.494 e. The highest BCUT2D eigenvalue weighted by atomic mass is 19.1. The van der Waals surface area contributed by atoms with E-state index < -0.39 is 23.8 Å². The summed E-state index contributed by atoms with van der Waals surface area (Å²) in [6.07, 6.45) is 3.37. The first kappa shape index (κ1) is 34.8. The predicted octanol–water partition coefficient (Wildman–Crippen LogP) is 6.34. The molecule has 4 rings (SSSR count). The van der Waals surface area contributed by atoms with Crippen molar-refractivity contribution in [3.05, 3.63) is 41.7 Å². The number of nitrogens with zero attached hydrogens (tertiary/aromatic N) is 1. The molecule has 1 saturated carbocycles. The van der Waals surface area contributed by atoms with Gasteiger partial charge in [0, 0.05) is 37.0 Å². The number of carboxylic acid groups (broad SMARTS) is 1. The Morgan fingerprint density at radius 1 is 1.02 bits per heavy atom. The highest BCUT2D eigenvalue weighted by Gasteiger charge is 2.32. The maximum absolute atomic E-state index is 15.4. The summed E-state index contributed by atoms with van der Waals surface area (Å²) in [5.41, 5.74) is 2.22. The van der Waals surface area contributed by atoms with Gasteiger partial charge in [-0.3, -0.25) is 14.9 Å². The molecule has 252 valence electrons. The molecule has 2 aliphatic rings. The van der Waals surface area contributed by atoms with Crippen LogP contribution in [0.5, 0.6) is 5.75 Å². The monoisotopic (exact) mass is 642 g/mol. The van der Waals surface area contributed by atoms with Gasteiger partial charge in [0.1, 0.15) is 18.2 Å². The number of carboxylic acids is 1. The van der Waals surface area contributed by atoms with E-state index in [0.717, 1.165) is 12.8 Å². The topological polar surface area (TPSA) is 138 Å². The number of piperidine rings is 1. The number of benzene rings is 2. The summed E-state index contributed by atoms with van der Waals surface area (Å²) in [7, 11) is 2.74. The number of halogens is 1. The first-order valence-corrected chi connectivity index (χ1v) is 16.0. The van der Waals surface area contributed by atoms with E-state index in [1.165, 1.54) is 32.8 Å². The van der Waals surface area contributed by atoms with E-state index >= 15 is 4.39 Å². The van der Waals surface area contributed by atoms with Gasteiger partial charge in [-0.25, -0.2) is 9.18 Å². The Balaban J connectivity index is 1.46. The fraction of sp³-hybridized carbons (Fsp3) is 0.559. The molecule has 1 heterocycles. The summed E-state index contributed by atoms with van der Waals surface area (Å²) >= 11 is 0. The summed E-state index contributed by atoms with van der Waals surface area (Å²) in [5, 5.41) is 18.2. The van der Waals surface area contributed by atoms with Crippen LogP contribution in [0.3, 0.4) is 0 Å². The van der Waals surface area contributed by atoms with Crippen LogP contribution in [0.2, 0.25) is 0 Å². The average molecular weight is 643 g/mol. The third-order valence-electron chi connectivity index (χ3n) is 9.14. The van der Waals surface area contributed by atoms with Crippen molar-refractivity contribution in [2.75, 3.05) is 54.8 Å². The van der Waals surface area contributed by atoms with Crippen molar-refractivity contribution in [3.63, 3.8) is 0 Å². The smallest absolute Gasteiger partial charge is 0.411 e. The standard InChI is InChI=1S/C34H47FN4O7/c1-20(2)24-8-6-21(3)16-29(24)46-19-31(40)37-27-10-7-23(17-30(27)44-4)36-18-25-26(35)9-11-28(38-34(43)45-5)32(25)39-14-12-22(13-15-39)33(41)42/h7,9-11,17,20-22,24,29,36H,6,8,12-16,18-19H2,1-5H3,(H,37,40)(H,38,43)(H,41,42). The molecule has 11 nitrogen and oxygen atoms in total. The van der Waals surface area contributed by atoms with Crippen molar-refractivity contribution in [1.29, 1.82) is 0 Å². The van der Waals surface area contributed by atoms with E-state index in [9.17, 15) is 19.5 Å². The van der Waals surface area contributed by atoms with Crippen molar-refractivity contribution in [2.45, 2.75) is 65.5 Å². The zero-order valence-electron chi connectivity index (χ0n) is 27.4. The lowest BCUT2D eigenvalue weighted by Gasteiger charge is -2.37. The lowest BCUT2D eigenvalue weighted by atomic mass is 9.75. The zero-order chi connectivity index (χ0) is 33.4. The minimum Gasteiger partial charge on any atom is -0.494 e. The molecule has 3 unspecified atom stereocenters. The molecule has 1 aliphatic carbocycles. The number of anilines is 4. The Kier molecular flexibility index (Phi) is 12.1. The van der Waals surface area contributed by atoms with E-state index in [-0.39, 0.29) is 25.2 Å². The van der Waals surface area contributed by atoms with Gasteiger partial charge in [-0.2, -0.15) is 0 Å². The van der Waals surface area contributed by atoms with Gasteiger partial charge in [0.05, 0.1) is 43.3 Å². The molecule has 12 heteroatoms. The molecule has 1 saturated heterocycles. The molecule has 3 atom stereocenters. The number of hydrogen-bond acceptors (Lipinski definition) is 8. The molecule has 0 aromatic heterocycles. The molecule has 0 bridgehead atoms. The van der Waals surface area contributed by atoms with Crippen molar-refractivity contribution >= 4 is 40.7 Å². The first-order valence-electron chi connectivity index (χ1n) is 16.0. The number of rotatable bonds is 12. The maximum atomic E-state index is 15.4. The quantitative estimate of drug-likeness (QED) is 0.209. The van der Waals surface area contributed by atoms with E-state index in [2.05, 4.69) is 36.7 Å². The molecule has 0 spiro atoms. The second-order valence-corrected chi connectivity index (χ2v) is 12.6. The summed E-state index contributed by atoms with van der Waals surface area (Å²) < 4.78 is 31.8. The third kappa shape index (κ3) is 8.80. The SMILES string of the molecule is COC(=O)Nc1ccc(F)c(CNc2ccc(NC(=O)COC3CC(C)CCC3C(C)C)c(OC)c2)c1N1CCC(C(=O)O)CC1. The fourth-order valence-corrected chi connectivity index (χ4v) is 6.52. The lowest BCUT2D eigenvalue weighted by Crippen LogP contribution is -2.37. The Bertz CT molecular complexity index is 1380. The molecule has 46 heavy (non-hydrogen) atoms. The maximum Gasteiger partial charge on any atom is 0.411 e. The lowest BCUT2D eigenvalue weighted by molar-refractivity contribution is -0.142. The zero-order valence-corrected chi connectivity index (χ0v) is 27.4. The Hall–Kier alpha value is -4.06. The third-order valence-corrected chi connectivity index (χ3v) is 9.14. The van der Waals surface area contributed by atoms with Crippen LogP contribution in [0.1, 0.15) is 58.4 Å². The van der Waals surface area contributed by atoms with Crippen LogP contribution >= 0.6 is 0 Å². The average Bonchev–Trinajstić information content (AvgIpc) is 3.04. The van der Waals surface area contributed by atoms with Gasteiger partial charge in [-0.1, -0.05) is 27.2 Å². The van der Waals surface area contributed by atoms with Gasteiger partial charge in [-0.15, -0.1) is 0 Å². The van der Waals surface area contributed by atoms with Gasteiger partial charge in [0.15, 0.2) is 0 Å². The van der Waals surface area contributed by atoms with Crippen LogP contribution < -0.4 is 25.6 Å². The van der Waals surface area contributed by atoms with Crippen LogP contribution in [0, 0.1) is 29.5 Å². The van der Waals surface area contributed by atoms with E-state index in [0.29, 0.717) is 77.7 Å². The van der Waals surface area contributed by atoms with E-state index in [1.807, 2.05) is 4.90 Å². The highest BCUT2D eigenvalue weighted by molar-refractivity contribution is 5.93. The molecule has 2 amide bonds. The number of carbonyl (C=O) groups is 3. The molecule has 2 aromatic carbocycles. The van der Waals surface area contributed by atoms with Crippen LogP contribution in [0.4, 0.5) is 31.9 Å². The van der Waals surface area contributed by atoms with Crippen molar-refractivity contribution in [2.24, 2.45) is 23.7 Å². The van der Waals surface area contributed by atoms with E-state index in [1.54, 1.807) is 18.2 Å². The van der Waals surface area contributed by atoms with Gasteiger partial charge < -0.3 is 34.9 Å². The van der Waals surface area contributed by atoms with Gasteiger partial charge in [-0.05, 0) is 67.7 Å². The molecule has 1 aliphatic heterocycles. The van der Waals surface area contributed by atoms with Crippen molar-refractivity contribution in [1.82, 2.24) is 0 Å². The summed E-state index contributed by atoms with van der Waals surface area (Å²) in [5.74, 6) is -0.175. The molecule has 0 radical (unpaired) electrons. The predicted molar refractivity (Wildman–Crippen MR) is 175 cm³/mol. The fourth-order valence-electron chi connectivity index (χ4n) is 6.52. The van der Waals surface area contributed by atoms with Gasteiger partial charge >= 0.3 is 12.1 Å². The molecular weight excluding hydrogens is 595 g/mol. The van der Waals surface area contributed by atoms with Crippen LogP contribution in [0.25, 0.3) is 0 Å². The summed E-state index contributed by atoms with van der Waals surface area (Å²) in [6, 6.07) is 7.91. The number of hydrogen-bond donors (Lipinski definition) is 4. The first-order chi connectivity index (χ1) is 22.0. The van der Waals surface area contributed by atoms with Gasteiger partial charge in [0.25, 0.3) is 0 Å². The number of amides is 2. The number of methoxy groups -OCH3 is 2. The highest BCUT2D eigenvalue weighted by Crippen LogP contribution is 2.37. The van der Waals surface area contributed by atoms with Crippen LogP contribution in [-0.2, 0) is 25.6 Å². The Morgan fingerprint density at radius 3 is 2.39 bits per heavy atom. The second kappa shape index (κ2) is 16.0. The Morgan fingerprint density at radius 2 is 1.74 bits per heavy atom. The second-order valence-electron chi connectivity index (χ2n) is 12.6. The van der Waals surface area contributed by atoms with Crippen LogP contribution in [0.15, 0.2) is 30.3 Å². The van der Waals surface area contributed by atoms with Crippen molar-refractivity contribution < 1.29 is 38.1 Å². The molecule has 4 N–H and O–H groups in total. The number of carbonyl (C=O) groups excluding carboxylic acids is 2. The minimum absolute atomic E-state index is 0.0501. The van der Waals surface area contributed by atoms with Gasteiger partial charge in [0.2, 0.25) is 5.91 Å². The Labute approximate surface area is 270 Å². The van der Waals surface area contributed by atoms with Crippen molar-refractivity contribution in [3.8, 4) is 5.75 Å². The molecule has 2 aromatic rings. The minimum atomic E-state index is -0.853. The molecular formula is C34H47FN4O7. The normalized spacial score (nSPS) is 20.2. The number of ether oxygens (including phenoxy) is 3. The number of nitrogens with one attached hydrogen (secondary N) is 3. The van der Waals surface area contributed by atoms with E-state index in [4.69, 9.17) is 14.2 Å². The van der Waals surface area contributed by atoms with Crippen LogP contribution in [-0.4, -0.2) is 63.1 Å².